The molecular formula is C27H32N2O5. The second-order valence-corrected chi connectivity index (χ2v) is 9.49. The van der Waals surface area contributed by atoms with Crippen LogP contribution in [0.25, 0.3) is 11.1 Å². The maximum absolute atomic E-state index is 12.9. The summed E-state index contributed by atoms with van der Waals surface area (Å²) in [6, 6.07) is 15.4. The molecule has 4 rings (SSSR count). The van der Waals surface area contributed by atoms with Crippen LogP contribution in [0, 0.1) is 0 Å². The summed E-state index contributed by atoms with van der Waals surface area (Å²) in [6.07, 6.45) is 3.70. The first-order valence-corrected chi connectivity index (χ1v) is 11.9. The maximum atomic E-state index is 12.9. The van der Waals surface area contributed by atoms with Crippen molar-refractivity contribution in [2.24, 2.45) is 0 Å². The SMILES string of the molecule is C[C@@H](C(=O)O)N(C)C(=O)CC1(NC(=O)OCC2c3ccccc3-c3ccccc32)CCCCC1. The van der Waals surface area contributed by atoms with Gasteiger partial charge in [0.05, 0.1) is 12.0 Å². The lowest BCUT2D eigenvalue weighted by atomic mass is 9.79. The van der Waals surface area contributed by atoms with E-state index < -0.39 is 23.6 Å². The molecule has 1 saturated carbocycles. The average Bonchev–Trinajstić information content (AvgIpc) is 3.16. The minimum atomic E-state index is -1.06. The molecule has 2 aromatic carbocycles. The molecule has 0 radical (unpaired) electrons. The number of amides is 2. The van der Waals surface area contributed by atoms with E-state index in [1.807, 2.05) is 24.3 Å². The van der Waals surface area contributed by atoms with Crippen LogP contribution in [0.1, 0.15) is 62.5 Å². The third-order valence-electron chi connectivity index (χ3n) is 7.34. The number of carboxylic acid groups (broad SMARTS) is 1. The Morgan fingerprint density at radius 1 is 1.03 bits per heavy atom. The highest BCUT2D eigenvalue weighted by Crippen LogP contribution is 2.44. The molecule has 0 spiro atoms. The summed E-state index contributed by atoms with van der Waals surface area (Å²) in [5.41, 5.74) is 3.89. The number of nitrogens with zero attached hydrogens (tertiary/aromatic N) is 1. The van der Waals surface area contributed by atoms with Crippen molar-refractivity contribution in [1.29, 1.82) is 0 Å². The molecular weight excluding hydrogens is 432 g/mol. The third-order valence-corrected chi connectivity index (χ3v) is 7.34. The summed E-state index contributed by atoms with van der Waals surface area (Å²) in [6.45, 7) is 1.69. The number of rotatable bonds is 7. The second-order valence-electron chi connectivity index (χ2n) is 9.49. The van der Waals surface area contributed by atoms with Gasteiger partial charge in [-0.3, -0.25) is 4.79 Å². The Morgan fingerprint density at radius 3 is 2.15 bits per heavy atom. The van der Waals surface area contributed by atoms with E-state index in [4.69, 9.17) is 4.74 Å². The lowest BCUT2D eigenvalue weighted by molar-refractivity contribution is -0.149. The number of hydrogen-bond donors (Lipinski definition) is 2. The van der Waals surface area contributed by atoms with Crippen molar-refractivity contribution in [3.05, 3.63) is 59.7 Å². The number of carbonyl (C=O) groups is 3. The van der Waals surface area contributed by atoms with Crippen LogP contribution in [0.3, 0.4) is 0 Å². The third kappa shape index (κ3) is 4.79. The van der Waals surface area contributed by atoms with E-state index in [0.29, 0.717) is 12.8 Å². The van der Waals surface area contributed by atoms with Crippen molar-refractivity contribution in [2.75, 3.05) is 13.7 Å². The molecule has 34 heavy (non-hydrogen) atoms. The summed E-state index contributed by atoms with van der Waals surface area (Å²) in [4.78, 5) is 38.3. The fraction of sp³-hybridized carbons (Fsp3) is 0.444. The van der Waals surface area contributed by atoms with E-state index in [0.717, 1.165) is 41.5 Å². The smallest absolute Gasteiger partial charge is 0.407 e. The first-order chi connectivity index (χ1) is 16.3. The molecule has 2 aliphatic rings. The molecule has 2 N–H and O–H groups in total. The van der Waals surface area contributed by atoms with Crippen LogP contribution in [0.2, 0.25) is 0 Å². The Kier molecular flexibility index (Phi) is 6.91. The summed E-state index contributed by atoms with van der Waals surface area (Å²) in [5.74, 6) is -1.39. The Morgan fingerprint density at radius 2 is 1.59 bits per heavy atom. The molecule has 2 amide bonds. The maximum Gasteiger partial charge on any atom is 0.407 e. The van der Waals surface area contributed by atoms with E-state index in [-0.39, 0.29) is 24.9 Å². The zero-order valence-electron chi connectivity index (χ0n) is 19.8. The first-order valence-electron chi connectivity index (χ1n) is 11.9. The summed E-state index contributed by atoms with van der Waals surface area (Å²) in [7, 11) is 1.49. The van der Waals surface area contributed by atoms with Gasteiger partial charge in [-0.25, -0.2) is 9.59 Å². The number of benzene rings is 2. The highest BCUT2D eigenvalue weighted by molar-refractivity contribution is 5.84. The quantitative estimate of drug-likeness (QED) is 0.627. The Labute approximate surface area is 200 Å². The monoisotopic (exact) mass is 464 g/mol. The van der Waals surface area contributed by atoms with Gasteiger partial charge in [0, 0.05) is 13.0 Å². The van der Waals surface area contributed by atoms with Crippen LogP contribution >= 0.6 is 0 Å². The van der Waals surface area contributed by atoms with Crippen molar-refractivity contribution in [2.45, 2.75) is 62.9 Å². The molecule has 1 fully saturated rings. The van der Waals surface area contributed by atoms with Crippen LogP contribution in [-0.2, 0) is 14.3 Å². The van der Waals surface area contributed by atoms with Crippen molar-refractivity contribution >= 4 is 18.0 Å². The van der Waals surface area contributed by atoms with Crippen molar-refractivity contribution in [3.63, 3.8) is 0 Å². The molecule has 180 valence electrons. The van der Waals surface area contributed by atoms with Crippen molar-refractivity contribution in [1.82, 2.24) is 10.2 Å². The Bertz CT molecular complexity index is 1030. The highest BCUT2D eigenvalue weighted by Gasteiger charge is 2.38. The van der Waals surface area contributed by atoms with Crippen molar-refractivity contribution < 1.29 is 24.2 Å². The molecule has 2 aliphatic carbocycles. The number of nitrogens with one attached hydrogen (secondary N) is 1. The lowest BCUT2D eigenvalue weighted by Crippen LogP contribution is -2.54. The van der Waals surface area contributed by atoms with Gasteiger partial charge in [-0.15, -0.1) is 0 Å². The van der Waals surface area contributed by atoms with Gasteiger partial charge < -0.3 is 20.1 Å². The van der Waals surface area contributed by atoms with Crippen LogP contribution in [0.15, 0.2) is 48.5 Å². The minimum absolute atomic E-state index is 0.0374. The molecule has 0 saturated heterocycles. The summed E-state index contributed by atoms with van der Waals surface area (Å²) < 4.78 is 5.73. The summed E-state index contributed by atoms with van der Waals surface area (Å²) in [5, 5.41) is 12.2. The van der Waals surface area contributed by atoms with E-state index in [1.54, 1.807) is 0 Å². The highest BCUT2D eigenvalue weighted by atomic mass is 16.5. The molecule has 7 heteroatoms. The van der Waals surface area contributed by atoms with E-state index in [1.165, 1.54) is 18.9 Å². The predicted molar refractivity (Wildman–Crippen MR) is 129 cm³/mol. The van der Waals surface area contributed by atoms with Gasteiger partial charge in [-0.1, -0.05) is 67.8 Å². The zero-order chi connectivity index (χ0) is 24.3. The van der Waals surface area contributed by atoms with Gasteiger partial charge in [0.25, 0.3) is 0 Å². The van der Waals surface area contributed by atoms with Crippen LogP contribution in [-0.4, -0.2) is 53.2 Å². The fourth-order valence-electron chi connectivity index (χ4n) is 5.22. The van der Waals surface area contributed by atoms with E-state index in [9.17, 15) is 19.5 Å². The van der Waals surface area contributed by atoms with E-state index in [2.05, 4.69) is 29.6 Å². The average molecular weight is 465 g/mol. The van der Waals surface area contributed by atoms with Gasteiger partial charge in [-0.05, 0) is 42.0 Å². The summed E-state index contributed by atoms with van der Waals surface area (Å²) >= 11 is 0. The number of ether oxygens (including phenoxy) is 1. The number of alkyl carbamates (subject to hydrolysis) is 1. The second kappa shape index (κ2) is 9.87. The lowest BCUT2D eigenvalue weighted by Gasteiger charge is -2.38. The Balaban J connectivity index is 1.44. The fourth-order valence-corrected chi connectivity index (χ4v) is 5.22. The molecule has 0 aromatic heterocycles. The number of carbonyl (C=O) groups excluding carboxylic acids is 2. The van der Waals surface area contributed by atoms with Gasteiger partial charge in [0.1, 0.15) is 12.6 Å². The van der Waals surface area contributed by atoms with Gasteiger partial charge in [0.2, 0.25) is 5.91 Å². The van der Waals surface area contributed by atoms with E-state index >= 15 is 0 Å². The minimum Gasteiger partial charge on any atom is -0.480 e. The molecule has 0 unspecified atom stereocenters. The number of aliphatic carboxylic acids is 1. The largest absolute Gasteiger partial charge is 0.480 e. The first kappa shape index (κ1) is 23.8. The normalized spacial score (nSPS) is 17.2. The van der Waals surface area contributed by atoms with Crippen LogP contribution in [0.5, 0.6) is 0 Å². The molecule has 2 aromatic rings. The number of fused-ring (bicyclic) bond motifs is 3. The zero-order valence-corrected chi connectivity index (χ0v) is 19.8. The van der Waals surface area contributed by atoms with Gasteiger partial charge in [0.15, 0.2) is 0 Å². The van der Waals surface area contributed by atoms with Crippen LogP contribution < -0.4 is 5.32 Å². The van der Waals surface area contributed by atoms with Crippen molar-refractivity contribution in [3.8, 4) is 11.1 Å². The molecule has 7 nitrogen and oxygen atoms in total. The molecule has 0 bridgehead atoms. The number of likely N-dealkylation sites (N-methyl/N-ethyl adjacent to an activating group) is 1. The predicted octanol–water partition coefficient (Wildman–Crippen LogP) is 4.55. The van der Waals surface area contributed by atoms with Gasteiger partial charge in [-0.2, -0.15) is 0 Å². The van der Waals surface area contributed by atoms with Gasteiger partial charge >= 0.3 is 12.1 Å². The molecule has 0 aliphatic heterocycles. The Hall–Kier alpha value is -3.35. The molecule has 0 heterocycles. The number of carboxylic acids is 1. The van der Waals surface area contributed by atoms with Crippen LogP contribution in [0.4, 0.5) is 4.79 Å². The standard InChI is InChI=1S/C27H32N2O5/c1-18(25(31)32)29(2)24(30)16-27(14-8-3-9-15-27)28-26(33)34-17-23-21-12-6-4-10-19(21)20-11-5-7-13-22(20)23/h4-7,10-13,18,23H,3,8-9,14-17H2,1-2H3,(H,28,33)(H,31,32)/t18-/m0/s1. The molecule has 1 atom stereocenters. The topological polar surface area (TPSA) is 95.9 Å². The number of hydrogen-bond acceptors (Lipinski definition) is 4.